The van der Waals surface area contributed by atoms with Crippen molar-refractivity contribution in [2.45, 2.75) is 19.4 Å². The van der Waals surface area contributed by atoms with Crippen LogP contribution in [-0.2, 0) is 13.0 Å². The van der Waals surface area contributed by atoms with E-state index in [9.17, 15) is 9.59 Å². The summed E-state index contributed by atoms with van der Waals surface area (Å²) in [5.41, 5.74) is 1.86. The van der Waals surface area contributed by atoms with Crippen molar-refractivity contribution in [3.63, 3.8) is 0 Å². The van der Waals surface area contributed by atoms with E-state index in [1.165, 1.54) is 6.20 Å². The number of hydrogen-bond acceptors (Lipinski definition) is 4. The van der Waals surface area contributed by atoms with Gasteiger partial charge in [0, 0.05) is 35.5 Å². The normalized spacial score (nSPS) is 10.8. The fourth-order valence-electron chi connectivity index (χ4n) is 2.61. The van der Waals surface area contributed by atoms with E-state index < -0.39 is 5.91 Å². The first-order chi connectivity index (χ1) is 12.6. The number of aliphatic hydroxyl groups excluding tert-OH is 1. The van der Waals surface area contributed by atoms with Crippen molar-refractivity contribution in [1.82, 2.24) is 15.3 Å². The number of nitrogens with zero attached hydrogens (tertiary/aromatic N) is 1. The first-order valence-corrected chi connectivity index (χ1v) is 8.60. The number of benzene rings is 1. The predicted octanol–water partition coefficient (Wildman–Crippen LogP) is 2.43. The zero-order chi connectivity index (χ0) is 18.5. The number of fused-ring (bicyclic) bond motifs is 1. The Balaban J connectivity index is 1.82. The van der Waals surface area contributed by atoms with Crippen LogP contribution in [0.15, 0.2) is 47.5 Å². The lowest BCUT2D eigenvalue weighted by Crippen LogP contribution is -2.28. The summed E-state index contributed by atoms with van der Waals surface area (Å²) in [5.74, 6) is -0.447. The summed E-state index contributed by atoms with van der Waals surface area (Å²) < 4.78 is 0. The molecule has 1 aromatic carbocycles. The zero-order valence-corrected chi connectivity index (χ0v) is 14.7. The van der Waals surface area contributed by atoms with Crippen molar-refractivity contribution >= 4 is 28.4 Å². The van der Waals surface area contributed by atoms with Crippen molar-refractivity contribution in [2.75, 3.05) is 6.61 Å². The van der Waals surface area contributed by atoms with Gasteiger partial charge in [0.05, 0.1) is 11.7 Å². The Morgan fingerprint density at radius 1 is 1.27 bits per heavy atom. The number of aromatic amines is 1. The van der Waals surface area contributed by atoms with Crippen LogP contribution in [0.2, 0.25) is 5.02 Å². The molecule has 0 aliphatic heterocycles. The lowest BCUT2D eigenvalue weighted by molar-refractivity contribution is 0.0949. The number of aromatic nitrogens is 2. The van der Waals surface area contributed by atoms with Crippen LogP contribution in [0.1, 0.15) is 28.0 Å². The molecule has 26 heavy (non-hydrogen) atoms. The second-order valence-corrected chi connectivity index (χ2v) is 6.33. The van der Waals surface area contributed by atoms with Gasteiger partial charge in [-0.15, -0.1) is 0 Å². The van der Waals surface area contributed by atoms with Crippen LogP contribution in [0.4, 0.5) is 0 Å². The van der Waals surface area contributed by atoms with Gasteiger partial charge in [-0.2, -0.15) is 0 Å². The molecule has 0 atom stereocenters. The second kappa shape index (κ2) is 8.12. The molecule has 1 amide bonds. The van der Waals surface area contributed by atoms with Crippen LogP contribution in [0.5, 0.6) is 0 Å². The van der Waals surface area contributed by atoms with Crippen molar-refractivity contribution in [3.8, 4) is 0 Å². The predicted molar refractivity (Wildman–Crippen MR) is 100 cm³/mol. The third-order valence-electron chi connectivity index (χ3n) is 4.02. The van der Waals surface area contributed by atoms with Gasteiger partial charge in [0.15, 0.2) is 0 Å². The Hall–Kier alpha value is -2.70. The molecule has 6 nitrogen and oxygen atoms in total. The number of nitrogens with one attached hydrogen (secondary N) is 2. The van der Waals surface area contributed by atoms with E-state index in [1.807, 2.05) is 12.1 Å². The Morgan fingerprint density at radius 3 is 2.77 bits per heavy atom. The van der Waals surface area contributed by atoms with Crippen molar-refractivity contribution in [3.05, 3.63) is 74.8 Å². The number of hydrogen-bond donors (Lipinski definition) is 3. The minimum absolute atomic E-state index is 0.0470. The monoisotopic (exact) mass is 371 g/mol. The van der Waals surface area contributed by atoms with Gasteiger partial charge in [0.25, 0.3) is 5.91 Å². The van der Waals surface area contributed by atoms with E-state index in [0.29, 0.717) is 41.0 Å². The summed E-state index contributed by atoms with van der Waals surface area (Å²) in [7, 11) is 0. The molecule has 0 fully saturated rings. The molecule has 3 rings (SSSR count). The Morgan fingerprint density at radius 2 is 2.04 bits per heavy atom. The largest absolute Gasteiger partial charge is 0.396 e. The molecule has 0 saturated carbocycles. The fraction of sp³-hybridized carbons (Fsp3) is 0.211. The third-order valence-corrected chi connectivity index (χ3v) is 4.28. The highest BCUT2D eigenvalue weighted by Crippen LogP contribution is 2.11. The molecule has 0 aliphatic carbocycles. The fourth-order valence-corrected chi connectivity index (χ4v) is 2.73. The number of aryl methyl sites for hydroxylation is 1. The van der Waals surface area contributed by atoms with Gasteiger partial charge in [0.2, 0.25) is 5.43 Å². The summed E-state index contributed by atoms with van der Waals surface area (Å²) in [4.78, 5) is 32.3. The molecule has 134 valence electrons. The minimum atomic E-state index is -0.447. The summed E-state index contributed by atoms with van der Waals surface area (Å²) in [5, 5.41) is 12.7. The van der Waals surface area contributed by atoms with Crippen LogP contribution in [-0.4, -0.2) is 27.6 Å². The van der Waals surface area contributed by atoms with Crippen molar-refractivity contribution in [1.29, 1.82) is 0 Å². The molecule has 0 aliphatic rings. The molecule has 2 aromatic heterocycles. The average molecular weight is 372 g/mol. The van der Waals surface area contributed by atoms with Crippen LogP contribution < -0.4 is 10.7 Å². The van der Waals surface area contributed by atoms with Gasteiger partial charge in [-0.3, -0.25) is 14.6 Å². The third kappa shape index (κ3) is 4.09. The van der Waals surface area contributed by atoms with Crippen molar-refractivity contribution < 1.29 is 9.90 Å². The maximum Gasteiger partial charge on any atom is 0.257 e. The summed E-state index contributed by atoms with van der Waals surface area (Å²) in [6.07, 6.45) is 4.10. The quantitative estimate of drug-likeness (QED) is 0.620. The summed E-state index contributed by atoms with van der Waals surface area (Å²) in [6, 6.07) is 8.78. The van der Waals surface area contributed by atoms with E-state index in [0.717, 1.165) is 5.56 Å². The molecular formula is C19H18ClN3O3. The first kappa shape index (κ1) is 18.1. The number of rotatable bonds is 6. The van der Waals surface area contributed by atoms with E-state index in [2.05, 4.69) is 15.3 Å². The molecule has 3 N–H and O–H groups in total. The summed E-state index contributed by atoms with van der Waals surface area (Å²) >= 11 is 5.84. The van der Waals surface area contributed by atoms with Crippen molar-refractivity contribution in [2.24, 2.45) is 0 Å². The van der Waals surface area contributed by atoms with Gasteiger partial charge in [-0.1, -0.05) is 23.7 Å². The molecule has 0 bridgehead atoms. The molecular weight excluding hydrogens is 354 g/mol. The molecule has 7 heteroatoms. The second-order valence-electron chi connectivity index (χ2n) is 5.89. The highest BCUT2D eigenvalue weighted by atomic mass is 35.5. The first-order valence-electron chi connectivity index (χ1n) is 8.22. The van der Waals surface area contributed by atoms with Crippen LogP contribution >= 0.6 is 11.6 Å². The molecule has 3 aromatic rings. The number of carbonyl (C=O) groups is 1. The lowest BCUT2D eigenvalue weighted by Gasteiger charge is -2.07. The van der Waals surface area contributed by atoms with Gasteiger partial charge >= 0.3 is 0 Å². The highest BCUT2D eigenvalue weighted by Gasteiger charge is 2.13. The minimum Gasteiger partial charge on any atom is -0.396 e. The Labute approximate surface area is 154 Å². The number of amides is 1. The molecule has 0 spiro atoms. The molecule has 0 radical (unpaired) electrons. The zero-order valence-electron chi connectivity index (χ0n) is 14.0. The number of H-pyrrole nitrogens is 1. The van der Waals surface area contributed by atoms with E-state index in [4.69, 9.17) is 16.7 Å². The van der Waals surface area contributed by atoms with Gasteiger partial charge in [0.1, 0.15) is 5.56 Å². The SMILES string of the molecule is O=C(NCc1ccc(Cl)cc1)c1c[nH]c2cnc(CCCO)cc2c1=O. The number of carbonyl (C=O) groups excluding carboxylic acids is 1. The standard InChI is InChI=1S/C19H18ClN3O3/c20-13-5-3-12(4-6-13)9-23-19(26)16-10-22-17-11-21-14(2-1-7-24)8-15(17)18(16)25/h3-6,8,10-11,24H,1-2,7,9H2,(H,22,25)(H,23,26). The number of halogens is 1. The topological polar surface area (TPSA) is 95.1 Å². The van der Waals surface area contributed by atoms with Gasteiger partial charge < -0.3 is 15.4 Å². The number of pyridine rings is 2. The maximum absolute atomic E-state index is 12.7. The average Bonchev–Trinajstić information content (AvgIpc) is 2.66. The maximum atomic E-state index is 12.7. The molecule has 0 unspecified atom stereocenters. The van der Waals surface area contributed by atoms with Crippen LogP contribution in [0, 0.1) is 0 Å². The Bertz CT molecular complexity index is 983. The number of aliphatic hydroxyl groups is 1. The molecule has 0 saturated heterocycles. The van der Waals surface area contributed by atoms with Crippen LogP contribution in [0.25, 0.3) is 10.9 Å². The van der Waals surface area contributed by atoms with Gasteiger partial charge in [-0.25, -0.2) is 0 Å². The lowest BCUT2D eigenvalue weighted by atomic mass is 10.1. The highest BCUT2D eigenvalue weighted by molar-refractivity contribution is 6.30. The van der Waals surface area contributed by atoms with Gasteiger partial charge in [-0.05, 0) is 36.6 Å². The van der Waals surface area contributed by atoms with Crippen LogP contribution in [0.3, 0.4) is 0 Å². The van der Waals surface area contributed by atoms with E-state index in [1.54, 1.807) is 24.4 Å². The summed E-state index contributed by atoms with van der Waals surface area (Å²) in [6.45, 7) is 0.356. The Kier molecular flexibility index (Phi) is 5.65. The van der Waals surface area contributed by atoms with E-state index >= 15 is 0 Å². The smallest absolute Gasteiger partial charge is 0.257 e. The van der Waals surface area contributed by atoms with E-state index in [-0.39, 0.29) is 17.6 Å². The molecule has 2 heterocycles.